The fraction of sp³-hybridized carbons (Fsp3) is 0.381. The van der Waals surface area contributed by atoms with E-state index in [4.69, 9.17) is 9.47 Å². The second-order valence-corrected chi connectivity index (χ2v) is 8.02. The van der Waals surface area contributed by atoms with Gasteiger partial charge in [0.05, 0.1) is 27.4 Å². The highest BCUT2D eigenvalue weighted by molar-refractivity contribution is 5.99. The van der Waals surface area contributed by atoms with Crippen molar-refractivity contribution in [2.24, 2.45) is 5.41 Å². The average molecular weight is 432 g/mol. The van der Waals surface area contributed by atoms with Crippen LogP contribution in [0.1, 0.15) is 46.1 Å². The summed E-state index contributed by atoms with van der Waals surface area (Å²) >= 11 is 0. The van der Waals surface area contributed by atoms with E-state index in [1.807, 2.05) is 0 Å². The second-order valence-electron chi connectivity index (χ2n) is 8.02. The average Bonchev–Trinajstić information content (AvgIpc) is 2.66. The van der Waals surface area contributed by atoms with E-state index in [0.717, 1.165) is 0 Å². The summed E-state index contributed by atoms with van der Waals surface area (Å²) in [5, 5.41) is 23.8. The topological polar surface area (TPSA) is 145 Å². The van der Waals surface area contributed by atoms with Gasteiger partial charge in [0, 0.05) is 23.5 Å². The Morgan fingerprint density at radius 2 is 1.74 bits per heavy atom. The van der Waals surface area contributed by atoms with Crippen molar-refractivity contribution in [3.8, 4) is 0 Å². The molecule has 1 atom stereocenters. The van der Waals surface area contributed by atoms with Crippen LogP contribution < -0.4 is 5.32 Å². The van der Waals surface area contributed by atoms with E-state index >= 15 is 0 Å². The molecular weight excluding hydrogens is 408 g/mol. The van der Waals surface area contributed by atoms with Gasteiger partial charge in [-0.05, 0) is 40.2 Å². The lowest BCUT2D eigenvalue weighted by Gasteiger charge is -2.29. The molecule has 0 radical (unpaired) electrons. The van der Waals surface area contributed by atoms with E-state index in [2.05, 4.69) is 5.32 Å². The molecule has 0 aromatic heterocycles. The summed E-state index contributed by atoms with van der Waals surface area (Å²) in [6, 6.07) is 5.39. The Bertz CT molecular complexity index is 1000. The highest BCUT2D eigenvalue weighted by Gasteiger charge is 2.38. The molecule has 1 unspecified atom stereocenters. The summed E-state index contributed by atoms with van der Waals surface area (Å²) in [5.41, 5.74) is -0.382. The Balaban J connectivity index is 2.43. The van der Waals surface area contributed by atoms with E-state index in [1.165, 1.54) is 31.2 Å². The summed E-state index contributed by atoms with van der Waals surface area (Å²) < 4.78 is 10.0. The van der Waals surface area contributed by atoms with Crippen LogP contribution in [0.25, 0.3) is 0 Å². The number of carboxylic acids is 1. The Kier molecular flexibility index (Phi) is 6.84. The molecule has 166 valence electrons. The third-order valence-electron chi connectivity index (χ3n) is 4.62. The van der Waals surface area contributed by atoms with Crippen molar-refractivity contribution in [1.82, 2.24) is 5.32 Å². The van der Waals surface area contributed by atoms with Gasteiger partial charge in [-0.3, -0.25) is 14.9 Å². The van der Waals surface area contributed by atoms with Crippen molar-refractivity contribution in [2.45, 2.75) is 40.5 Å². The van der Waals surface area contributed by atoms with Gasteiger partial charge in [-0.1, -0.05) is 12.1 Å². The van der Waals surface area contributed by atoms with Crippen LogP contribution in [-0.4, -0.2) is 34.7 Å². The van der Waals surface area contributed by atoms with Gasteiger partial charge in [0.25, 0.3) is 5.69 Å². The molecule has 0 bridgehead atoms. The number of benzene rings is 1. The minimum atomic E-state index is -1.29. The lowest BCUT2D eigenvalue weighted by atomic mass is 9.80. The van der Waals surface area contributed by atoms with Crippen LogP contribution in [0.5, 0.6) is 0 Å². The number of carbonyl (C=O) groups excluding carboxylic acids is 2. The van der Waals surface area contributed by atoms with Gasteiger partial charge >= 0.3 is 17.9 Å². The van der Waals surface area contributed by atoms with Crippen LogP contribution in [0, 0.1) is 15.5 Å². The Hall–Kier alpha value is -3.69. The number of aliphatic carboxylic acids is 1. The predicted octanol–water partition coefficient (Wildman–Crippen LogP) is 3.00. The number of non-ortho nitro benzene ring substituents is 1. The van der Waals surface area contributed by atoms with Crippen molar-refractivity contribution in [3.63, 3.8) is 0 Å². The number of nitro benzene ring substituents is 1. The molecule has 0 saturated carbocycles. The van der Waals surface area contributed by atoms with Gasteiger partial charge < -0.3 is 19.9 Å². The molecular formula is C21H24N2O8. The van der Waals surface area contributed by atoms with Crippen LogP contribution in [0.4, 0.5) is 5.69 Å². The minimum Gasteiger partial charge on any atom is -0.478 e. The fourth-order valence-corrected chi connectivity index (χ4v) is 3.13. The molecule has 1 heterocycles. The fourth-order valence-electron chi connectivity index (χ4n) is 3.13. The van der Waals surface area contributed by atoms with E-state index in [0.29, 0.717) is 5.70 Å². The van der Waals surface area contributed by atoms with Crippen LogP contribution in [-0.2, 0) is 23.9 Å². The standard InChI is InChI=1S/C21H24N2O8/c1-11-15(18(24)25)17(13-7-6-8-14(9-13)23(28)29)16(12(2)22-11)19(26)30-10-31-20(27)21(3,4)5/h6-9,17,22H,10H2,1-5H3,(H,24,25). The lowest BCUT2D eigenvalue weighted by Crippen LogP contribution is -2.32. The number of rotatable bonds is 6. The van der Waals surface area contributed by atoms with Crippen LogP contribution in [0.15, 0.2) is 46.8 Å². The third kappa shape index (κ3) is 5.27. The van der Waals surface area contributed by atoms with Gasteiger partial charge in [0.15, 0.2) is 0 Å². The molecule has 0 spiro atoms. The number of esters is 2. The molecule has 0 fully saturated rings. The number of carbonyl (C=O) groups is 3. The van der Waals surface area contributed by atoms with Crippen molar-refractivity contribution < 1.29 is 33.9 Å². The third-order valence-corrected chi connectivity index (χ3v) is 4.62. The Morgan fingerprint density at radius 1 is 1.13 bits per heavy atom. The molecule has 31 heavy (non-hydrogen) atoms. The van der Waals surface area contributed by atoms with Gasteiger partial charge in [0.2, 0.25) is 6.79 Å². The molecule has 1 aromatic carbocycles. The molecule has 0 aliphatic carbocycles. The van der Waals surface area contributed by atoms with Gasteiger partial charge in [0.1, 0.15) is 0 Å². The molecule has 1 aliphatic rings. The maximum Gasteiger partial charge on any atom is 0.339 e. The van der Waals surface area contributed by atoms with E-state index in [9.17, 15) is 29.6 Å². The number of carboxylic acid groups (broad SMARTS) is 1. The molecule has 0 saturated heterocycles. The molecule has 2 rings (SSSR count). The SMILES string of the molecule is CC1=C(C(=O)O)C(c2cccc([N+](=O)[O-])c2)C(C(=O)OCOC(=O)C(C)(C)C)=C(C)N1. The van der Waals surface area contributed by atoms with E-state index < -0.39 is 41.0 Å². The Labute approximate surface area is 178 Å². The molecule has 10 heteroatoms. The quantitative estimate of drug-likeness (QED) is 0.300. The van der Waals surface area contributed by atoms with Gasteiger partial charge in [-0.25, -0.2) is 9.59 Å². The van der Waals surface area contributed by atoms with E-state index in [-0.39, 0.29) is 28.1 Å². The number of allylic oxidation sites excluding steroid dienone is 2. The zero-order valence-corrected chi connectivity index (χ0v) is 17.8. The van der Waals surface area contributed by atoms with Crippen LogP contribution in [0.3, 0.4) is 0 Å². The molecule has 10 nitrogen and oxygen atoms in total. The predicted molar refractivity (Wildman–Crippen MR) is 109 cm³/mol. The number of nitro groups is 1. The second kappa shape index (κ2) is 8.99. The Morgan fingerprint density at radius 3 is 2.29 bits per heavy atom. The number of nitrogens with one attached hydrogen (secondary N) is 1. The zero-order chi connectivity index (χ0) is 23.5. The summed E-state index contributed by atoms with van der Waals surface area (Å²) in [4.78, 5) is 47.3. The number of hydrogen-bond acceptors (Lipinski definition) is 8. The summed E-state index contributed by atoms with van der Waals surface area (Å²) in [5.74, 6) is -3.90. The van der Waals surface area contributed by atoms with Crippen molar-refractivity contribution >= 4 is 23.6 Å². The number of nitrogens with zero attached hydrogens (tertiary/aromatic N) is 1. The zero-order valence-electron chi connectivity index (χ0n) is 17.8. The van der Waals surface area contributed by atoms with Gasteiger partial charge in [-0.15, -0.1) is 0 Å². The highest BCUT2D eigenvalue weighted by Crippen LogP contribution is 2.39. The normalized spacial score (nSPS) is 16.5. The van der Waals surface area contributed by atoms with Crippen LogP contribution in [0.2, 0.25) is 0 Å². The number of ether oxygens (including phenoxy) is 2. The maximum absolute atomic E-state index is 12.9. The van der Waals surface area contributed by atoms with Crippen LogP contribution >= 0.6 is 0 Å². The summed E-state index contributed by atoms with van der Waals surface area (Å²) in [6.07, 6.45) is 0. The molecule has 2 N–H and O–H groups in total. The number of hydrogen-bond donors (Lipinski definition) is 2. The van der Waals surface area contributed by atoms with Crippen molar-refractivity contribution in [2.75, 3.05) is 6.79 Å². The van der Waals surface area contributed by atoms with E-state index in [1.54, 1.807) is 27.7 Å². The minimum absolute atomic E-state index is 0.0460. The van der Waals surface area contributed by atoms with Crippen molar-refractivity contribution in [1.29, 1.82) is 0 Å². The molecule has 1 aliphatic heterocycles. The highest BCUT2D eigenvalue weighted by atomic mass is 16.7. The smallest absolute Gasteiger partial charge is 0.339 e. The molecule has 0 amide bonds. The summed E-state index contributed by atoms with van der Waals surface area (Å²) in [6.45, 7) is 7.35. The number of dihydropyridines is 1. The first-order chi connectivity index (χ1) is 14.3. The van der Waals surface area contributed by atoms with Crippen molar-refractivity contribution in [3.05, 3.63) is 62.5 Å². The maximum atomic E-state index is 12.9. The lowest BCUT2D eigenvalue weighted by molar-refractivity contribution is -0.384. The first kappa shape index (κ1) is 23.6. The largest absolute Gasteiger partial charge is 0.478 e. The molecule has 1 aromatic rings. The van der Waals surface area contributed by atoms with Gasteiger partial charge in [-0.2, -0.15) is 0 Å². The summed E-state index contributed by atoms with van der Waals surface area (Å²) in [7, 11) is 0. The monoisotopic (exact) mass is 432 g/mol. The first-order valence-electron chi connectivity index (χ1n) is 9.35. The first-order valence-corrected chi connectivity index (χ1v) is 9.35.